The Kier molecular flexibility index (Phi) is 9.01. The molecule has 89 heavy (non-hydrogen) atoms. The van der Waals surface area contributed by atoms with Crippen molar-refractivity contribution in [3.05, 3.63) is 283 Å². The van der Waals surface area contributed by atoms with E-state index >= 15 is 0 Å². The maximum absolute atomic E-state index is 9.65. The van der Waals surface area contributed by atoms with Crippen LogP contribution in [0.2, 0.25) is 0 Å². The number of anilines is 6. The predicted octanol–water partition coefficient (Wildman–Crippen LogP) is 20.9. The first-order valence-electron chi connectivity index (χ1n) is 38.3. The fraction of sp³-hybridized carbons (Fsp3) is 0.143. The van der Waals surface area contributed by atoms with E-state index in [1.807, 2.05) is 66.7 Å². The molecule has 0 spiro atoms. The average Bonchev–Trinajstić information content (AvgIpc) is 0.749. The van der Waals surface area contributed by atoms with Crippen molar-refractivity contribution in [1.29, 1.82) is 0 Å². The Morgan fingerprint density at radius 2 is 0.708 bits per heavy atom. The summed E-state index contributed by atoms with van der Waals surface area (Å²) in [5.41, 5.74) is 15.7. The molecule has 12 aromatic carbocycles. The Balaban J connectivity index is 1.06. The first kappa shape index (κ1) is 39.6. The number of benzene rings is 12. The normalized spacial score (nSPS) is 15.7. The maximum Gasteiger partial charge on any atom is 0.252 e. The molecule has 0 radical (unpaired) electrons. The van der Waals surface area contributed by atoms with Crippen molar-refractivity contribution in [2.45, 2.75) is 78.6 Å². The summed E-state index contributed by atoms with van der Waals surface area (Å²) in [6.45, 7) is 19.2. The third-order valence-electron chi connectivity index (χ3n) is 18.1. The molecule has 0 atom stereocenters. The summed E-state index contributed by atoms with van der Waals surface area (Å²) >= 11 is 0. The molecule has 430 valence electrons. The van der Waals surface area contributed by atoms with Gasteiger partial charge in [-0.25, -0.2) is 0 Å². The summed E-state index contributed by atoms with van der Waals surface area (Å²) in [5, 5.41) is -0.233. The van der Waals surface area contributed by atoms with Gasteiger partial charge in [-0.2, -0.15) is 0 Å². The van der Waals surface area contributed by atoms with Crippen LogP contribution in [-0.4, -0.2) is 15.8 Å². The zero-order valence-corrected chi connectivity index (χ0v) is 51.0. The number of nitrogens with zero attached hydrogens (tertiary/aromatic N) is 4. The van der Waals surface area contributed by atoms with Crippen LogP contribution in [0.4, 0.5) is 34.1 Å². The summed E-state index contributed by atoms with van der Waals surface area (Å²) in [6, 6.07) is 50.0. The van der Waals surface area contributed by atoms with E-state index < -0.39 is 103 Å². The van der Waals surface area contributed by atoms with Gasteiger partial charge in [-0.05, 0) is 156 Å². The van der Waals surface area contributed by atoms with Crippen LogP contribution in [0.25, 0.3) is 88.4 Å². The summed E-state index contributed by atoms with van der Waals surface area (Å²) in [7, 11) is 0. The van der Waals surface area contributed by atoms with Crippen LogP contribution in [0.5, 0.6) is 0 Å². The highest BCUT2D eigenvalue weighted by Gasteiger charge is 2.45. The van der Waals surface area contributed by atoms with Crippen molar-refractivity contribution in [3.63, 3.8) is 0 Å². The zero-order chi connectivity index (χ0) is 74.6. The first-order chi connectivity index (χ1) is 49.7. The number of fused-ring (bicyclic) bond motifs is 10. The Morgan fingerprint density at radius 3 is 1.19 bits per heavy atom. The molecule has 0 unspecified atom stereocenters. The van der Waals surface area contributed by atoms with E-state index in [0.717, 1.165) is 78.1 Å². The van der Waals surface area contributed by atoms with Crippen LogP contribution in [0.15, 0.2) is 267 Å². The standard InChI is InChI=1S/C84H71BN4/c1-82(2,3)59-39-35-54(36-40-59)58-49-79-81-80(50-58)89(72-30-18-13-25-65(72)56-23-11-10-12-24-56)78-53-64(88-75-33-21-16-28-68(75)69-29-17-22-34-76(69)88)44-46-71(78)85(81)70-45-43-63(87-73-31-19-14-26-66(73)67-27-15-20-32-74(67)87)52-77(70)86(79)62-41-37-55(38-42-62)57-47-60(83(4,5)6)51-61(48-57)84(7,8)9/h10-53H,1-9H3/i14D,15D,16D,17D,19D,20D,21D,22D,26D,27D,28D,29D,31D,32D,33D,34D. The summed E-state index contributed by atoms with van der Waals surface area (Å²) in [5.74, 6) is 0. The quantitative estimate of drug-likeness (QED) is 0.148. The van der Waals surface area contributed by atoms with E-state index in [0.29, 0.717) is 22.7 Å². The molecule has 5 heteroatoms. The average molecular weight is 1160 g/mol. The van der Waals surface area contributed by atoms with Crippen LogP contribution in [-0.2, 0) is 16.2 Å². The Bertz CT molecular complexity index is 5940. The fourth-order valence-corrected chi connectivity index (χ4v) is 13.5. The predicted molar refractivity (Wildman–Crippen MR) is 382 cm³/mol. The monoisotopic (exact) mass is 1160 g/mol. The topological polar surface area (TPSA) is 16.3 Å². The van der Waals surface area contributed by atoms with Gasteiger partial charge in [-0.3, -0.25) is 0 Å². The summed E-state index contributed by atoms with van der Waals surface area (Å²) in [6.07, 6.45) is 0. The van der Waals surface area contributed by atoms with Gasteiger partial charge in [0.05, 0.1) is 49.7 Å². The molecule has 0 saturated carbocycles. The van der Waals surface area contributed by atoms with E-state index in [-0.39, 0.29) is 59.9 Å². The van der Waals surface area contributed by atoms with Crippen LogP contribution in [0.1, 0.15) is 101 Å². The van der Waals surface area contributed by atoms with Crippen molar-refractivity contribution >= 4 is 101 Å². The lowest BCUT2D eigenvalue weighted by Crippen LogP contribution is -2.61. The SMILES string of the molecule is [2H]c1c([2H])c([2H])c2c(c1[2H])c1c([2H])c([2H])c([2H])c([2H])c1n2-c1ccc2c(c1)N(c1ccc(-c3cc(C(C)(C)C)cc(C(C)(C)C)c3)cc1)c1cc(-c3ccc(C(C)(C)C)cc3)cc3c1B2c1ccc(-n2c4c([2H])c([2H])c([2H])c([2H])c4c4c([2H])c([2H])c([2H])c([2H])c42)cc1N3c1ccccc1-c1ccccc1. The van der Waals surface area contributed by atoms with Gasteiger partial charge in [0.25, 0.3) is 6.71 Å². The van der Waals surface area contributed by atoms with Gasteiger partial charge in [0.1, 0.15) is 0 Å². The molecule has 2 aliphatic rings. The minimum absolute atomic E-state index is 0.0338. The van der Waals surface area contributed by atoms with Crippen LogP contribution in [0, 0.1) is 0 Å². The second-order valence-electron chi connectivity index (χ2n) is 26.6. The van der Waals surface area contributed by atoms with E-state index in [1.165, 1.54) is 11.1 Å². The fourth-order valence-electron chi connectivity index (χ4n) is 13.5. The Labute approximate surface area is 546 Å². The van der Waals surface area contributed by atoms with Gasteiger partial charge in [0.15, 0.2) is 0 Å². The lowest BCUT2D eigenvalue weighted by Gasteiger charge is -2.45. The molecule has 2 aromatic heterocycles. The highest BCUT2D eigenvalue weighted by molar-refractivity contribution is 7.00. The smallest absolute Gasteiger partial charge is 0.252 e. The van der Waals surface area contributed by atoms with E-state index in [4.69, 9.17) is 11.0 Å². The first-order valence-corrected chi connectivity index (χ1v) is 30.3. The second-order valence-corrected chi connectivity index (χ2v) is 26.6. The van der Waals surface area contributed by atoms with Gasteiger partial charge >= 0.3 is 0 Å². The number of hydrogen-bond acceptors (Lipinski definition) is 2. The number of hydrogen-bond donors (Lipinski definition) is 0. The van der Waals surface area contributed by atoms with Crippen LogP contribution >= 0.6 is 0 Å². The maximum atomic E-state index is 9.65. The van der Waals surface area contributed by atoms with E-state index in [2.05, 4.69) is 175 Å². The van der Waals surface area contributed by atoms with E-state index in [9.17, 15) is 11.0 Å². The molecule has 0 N–H and O–H groups in total. The van der Waals surface area contributed by atoms with Crippen molar-refractivity contribution in [2.24, 2.45) is 0 Å². The molecule has 4 heterocycles. The highest BCUT2D eigenvalue weighted by Crippen LogP contribution is 2.50. The largest absolute Gasteiger partial charge is 0.311 e. The van der Waals surface area contributed by atoms with Gasteiger partial charge in [-0.1, -0.05) is 250 Å². The third-order valence-corrected chi connectivity index (χ3v) is 18.1. The highest BCUT2D eigenvalue weighted by atomic mass is 15.2. The van der Waals surface area contributed by atoms with E-state index in [1.54, 1.807) is 9.13 Å². The molecule has 16 rings (SSSR count). The minimum atomic E-state index is -0.674. The van der Waals surface area contributed by atoms with Gasteiger partial charge in [-0.15, -0.1) is 0 Å². The number of para-hydroxylation sites is 5. The summed E-state index contributed by atoms with van der Waals surface area (Å²) in [4.78, 5) is 4.45. The van der Waals surface area contributed by atoms with Crippen molar-refractivity contribution in [1.82, 2.24) is 9.13 Å². The van der Waals surface area contributed by atoms with Crippen LogP contribution in [0.3, 0.4) is 0 Å². The van der Waals surface area contributed by atoms with Crippen molar-refractivity contribution < 1.29 is 21.9 Å². The Hall–Kier alpha value is -10.1. The molecule has 0 amide bonds. The molecule has 0 saturated heterocycles. The van der Waals surface area contributed by atoms with Crippen LogP contribution < -0.4 is 26.2 Å². The zero-order valence-electron chi connectivity index (χ0n) is 67.0. The molecule has 14 aromatic rings. The molecule has 2 aliphatic heterocycles. The molecule has 0 bridgehead atoms. The molecule has 0 fully saturated rings. The number of aromatic nitrogens is 2. The van der Waals surface area contributed by atoms with Gasteiger partial charge in [0.2, 0.25) is 0 Å². The molecule has 4 nitrogen and oxygen atoms in total. The summed E-state index contributed by atoms with van der Waals surface area (Å²) < 4.78 is 151. The lowest BCUT2D eigenvalue weighted by molar-refractivity contribution is 0.569. The molecular formula is C84H71BN4. The second kappa shape index (κ2) is 20.2. The third kappa shape index (κ3) is 8.87. The van der Waals surface area contributed by atoms with Gasteiger partial charge < -0.3 is 18.9 Å². The minimum Gasteiger partial charge on any atom is -0.311 e. The van der Waals surface area contributed by atoms with Crippen molar-refractivity contribution in [2.75, 3.05) is 9.80 Å². The van der Waals surface area contributed by atoms with Crippen molar-refractivity contribution in [3.8, 4) is 44.8 Å². The number of rotatable bonds is 7. The molecule has 0 aliphatic carbocycles. The van der Waals surface area contributed by atoms with Gasteiger partial charge in [0, 0.05) is 66.9 Å². The Morgan fingerprint density at radius 1 is 0.303 bits per heavy atom. The molecular weight excluding hydrogens is 1080 g/mol. The lowest BCUT2D eigenvalue weighted by atomic mass is 9.33.